The van der Waals surface area contributed by atoms with Crippen molar-refractivity contribution in [1.29, 1.82) is 0 Å². The maximum atomic E-state index is 12.1. The van der Waals surface area contributed by atoms with Crippen LogP contribution in [-0.2, 0) is 23.1 Å². The van der Waals surface area contributed by atoms with E-state index in [4.69, 9.17) is 0 Å². The van der Waals surface area contributed by atoms with Crippen LogP contribution in [0.1, 0.15) is 19.2 Å². The molecule has 0 aliphatic carbocycles. The van der Waals surface area contributed by atoms with E-state index in [1.54, 1.807) is 6.33 Å². The van der Waals surface area contributed by atoms with E-state index in [0.717, 1.165) is 18.9 Å². The Balaban J connectivity index is 1.91. The van der Waals surface area contributed by atoms with Crippen molar-refractivity contribution in [3.63, 3.8) is 0 Å². The highest BCUT2D eigenvalue weighted by molar-refractivity contribution is 7.89. The molecule has 0 unspecified atom stereocenters. The number of nitrogens with zero attached hydrogens (tertiary/aromatic N) is 4. The van der Waals surface area contributed by atoms with Crippen molar-refractivity contribution in [3.05, 3.63) is 12.2 Å². The summed E-state index contributed by atoms with van der Waals surface area (Å²) in [7, 11) is -3.17. The zero-order chi connectivity index (χ0) is 13.0. The predicted molar refractivity (Wildman–Crippen MR) is 67.4 cm³/mol. The number of fused-ring (bicyclic) bond motifs is 1. The summed E-state index contributed by atoms with van der Waals surface area (Å²) in [5.41, 5.74) is 0. The van der Waals surface area contributed by atoms with E-state index in [1.165, 1.54) is 4.31 Å². The molecular weight excluding hydrogens is 254 g/mol. The Bertz CT molecular complexity index is 484. The zero-order valence-corrected chi connectivity index (χ0v) is 11.4. The van der Waals surface area contributed by atoms with Crippen LogP contribution in [0, 0.1) is 0 Å². The molecule has 0 aromatic carbocycles. The van der Waals surface area contributed by atoms with Gasteiger partial charge in [0.1, 0.15) is 12.2 Å². The van der Waals surface area contributed by atoms with Gasteiger partial charge in [0.25, 0.3) is 0 Å². The van der Waals surface area contributed by atoms with Gasteiger partial charge in [0.15, 0.2) is 0 Å². The SMILES string of the molecule is CCNCCCS(=O)(=O)N1CCn2cnnc2C1. The number of hydrogen-bond acceptors (Lipinski definition) is 5. The lowest BCUT2D eigenvalue weighted by Gasteiger charge is -2.26. The number of sulfonamides is 1. The standard InChI is InChI=1S/C10H19N5O2S/c1-2-11-4-3-7-18(16,17)15-6-5-14-9-12-13-10(14)8-15/h9,11H,2-8H2,1H3. The highest BCUT2D eigenvalue weighted by Gasteiger charge is 2.27. The molecule has 0 fully saturated rings. The fourth-order valence-electron chi connectivity index (χ4n) is 1.97. The van der Waals surface area contributed by atoms with E-state index in [1.807, 2.05) is 11.5 Å². The van der Waals surface area contributed by atoms with E-state index in [0.29, 0.717) is 26.1 Å². The third-order valence-corrected chi connectivity index (χ3v) is 4.91. The first kappa shape index (κ1) is 13.4. The van der Waals surface area contributed by atoms with Gasteiger partial charge < -0.3 is 9.88 Å². The fraction of sp³-hybridized carbons (Fsp3) is 0.800. The summed E-state index contributed by atoms with van der Waals surface area (Å²) in [5, 5.41) is 10.8. The van der Waals surface area contributed by atoms with Crippen molar-refractivity contribution in [2.45, 2.75) is 26.4 Å². The largest absolute Gasteiger partial charge is 0.317 e. The molecule has 2 rings (SSSR count). The molecule has 8 heteroatoms. The van der Waals surface area contributed by atoms with Gasteiger partial charge in [-0.25, -0.2) is 8.42 Å². The Morgan fingerprint density at radius 1 is 1.44 bits per heavy atom. The topological polar surface area (TPSA) is 80.1 Å². The maximum absolute atomic E-state index is 12.1. The monoisotopic (exact) mass is 273 g/mol. The highest BCUT2D eigenvalue weighted by Crippen LogP contribution is 2.14. The van der Waals surface area contributed by atoms with Crippen molar-refractivity contribution < 1.29 is 8.42 Å². The second-order valence-electron chi connectivity index (χ2n) is 4.30. The van der Waals surface area contributed by atoms with Crippen molar-refractivity contribution in [3.8, 4) is 0 Å². The molecule has 0 spiro atoms. The van der Waals surface area contributed by atoms with Crippen LogP contribution in [0.15, 0.2) is 6.33 Å². The van der Waals surface area contributed by atoms with Crippen molar-refractivity contribution in [2.24, 2.45) is 0 Å². The van der Waals surface area contributed by atoms with Gasteiger partial charge in [0.2, 0.25) is 10.0 Å². The minimum atomic E-state index is -3.17. The van der Waals surface area contributed by atoms with Gasteiger partial charge in [0.05, 0.1) is 12.3 Å². The first-order valence-corrected chi connectivity index (χ1v) is 7.79. The molecule has 0 saturated heterocycles. The number of rotatable bonds is 6. The van der Waals surface area contributed by atoms with Gasteiger partial charge in [-0.15, -0.1) is 10.2 Å². The minimum Gasteiger partial charge on any atom is -0.317 e. The van der Waals surface area contributed by atoms with Crippen LogP contribution in [0.4, 0.5) is 0 Å². The Labute approximate surface area is 107 Å². The van der Waals surface area contributed by atoms with Gasteiger partial charge in [-0.3, -0.25) is 0 Å². The molecule has 0 radical (unpaired) electrons. The van der Waals surface area contributed by atoms with E-state index in [2.05, 4.69) is 15.5 Å². The van der Waals surface area contributed by atoms with Gasteiger partial charge in [-0.2, -0.15) is 4.31 Å². The summed E-state index contributed by atoms with van der Waals surface area (Å²) in [6.07, 6.45) is 2.28. The second kappa shape index (κ2) is 5.77. The first-order valence-electron chi connectivity index (χ1n) is 6.18. The molecule has 1 N–H and O–H groups in total. The first-order chi connectivity index (χ1) is 8.63. The van der Waals surface area contributed by atoms with E-state index in [9.17, 15) is 8.42 Å². The van der Waals surface area contributed by atoms with E-state index < -0.39 is 10.0 Å². The molecule has 18 heavy (non-hydrogen) atoms. The second-order valence-corrected chi connectivity index (χ2v) is 6.39. The predicted octanol–water partition coefficient (Wildman–Crippen LogP) is -0.577. The lowest BCUT2D eigenvalue weighted by Crippen LogP contribution is -2.39. The fourth-order valence-corrected chi connectivity index (χ4v) is 3.41. The summed E-state index contributed by atoms with van der Waals surface area (Å²) >= 11 is 0. The molecule has 0 amide bonds. The van der Waals surface area contributed by atoms with E-state index in [-0.39, 0.29) is 5.75 Å². The number of aromatic nitrogens is 3. The van der Waals surface area contributed by atoms with Crippen LogP contribution >= 0.6 is 0 Å². The van der Waals surface area contributed by atoms with Crippen molar-refractivity contribution in [2.75, 3.05) is 25.4 Å². The quantitative estimate of drug-likeness (QED) is 0.702. The Morgan fingerprint density at radius 2 is 2.28 bits per heavy atom. The third-order valence-electron chi connectivity index (χ3n) is 3.00. The summed E-state index contributed by atoms with van der Waals surface area (Å²) in [4.78, 5) is 0. The number of hydrogen-bond donors (Lipinski definition) is 1. The van der Waals surface area contributed by atoms with Crippen LogP contribution in [-0.4, -0.2) is 52.9 Å². The highest BCUT2D eigenvalue weighted by atomic mass is 32.2. The molecular formula is C10H19N5O2S. The zero-order valence-electron chi connectivity index (χ0n) is 10.5. The molecule has 1 aliphatic rings. The Morgan fingerprint density at radius 3 is 3.06 bits per heavy atom. The van der Waals surface area contributed by atoms with Crippen LogP contribution in [0.25, 0.3) is 0 Å². The lowest BCUT2D eigenvalue weighted by atomic mass is 10.4. The van der Waals surface area contributed by atoms with Crippen LogP contribution in [0.5, 0.6) is 0 Å². The molecule has 1 aliphatic heterocycles. The summed E-state index contributed by atoms with van der Waals surface area (Å²) in [6, 6.07) is 0. The third kappa shape index (κ3) is 3.06. The van der Waals surface area contributed by atoms with E-state index >= 15 is 0 Å². The average molecular weight is 273 g/mol. The van der Waals surface area contributed by atoms with Crippen molar-refractivity contribution >= 4 is 10.0 Å². The average Bonchev–Trinajstić information content (AvgIpc) is 2.82. The molecule has 7 nitrogen and oxygen atoms in total. The number of nitrogens with one attached hydrogen (secondary N) is 1. The van der Waals surface area contributed by atoms with Gasteiger partial charge >= 0.3 is 0 Å². The summed E-state index contributed by atoms with van der Waals surface area (Å²) in [5.74, 6) is 0.908. The molecule has 2 heterocycles. The van der Waals surface area contributed by atoms with Crippen LogP contribution in [0.3, 0.4) is 0 Å². The van der Waals surface area contributed by atoms with Crippen LogP contribution < -0.4 is 5.32 Å². The lowest BCUT2D eigenvalue weighted by molar-refractivity contribution is 0.335. The molecule has 0 bridgehead atoms. The summed E-state index contributed by atoms with van der Waals surface area (Å²) in [6.45, 7) is 5.09. The van der Waals surface area contributed by atoms with Crippen molar-refractivity contribution in [1.82, 2.24) is 24.4 Å². The molecule has 102 valence electrons. The molecule has 1 aromatic rings. The van der Waals surface area contributed by atoms with Gasteiger partial charge in [-0.05, 0) is 19.5 Å². The Kier molecular flexibility index (Phi) is 4.31. The Hall–Kier alpha value is -0.990. The molecule has 0 saturated carbocycles. The van der Waals surface area contributed by atoms with Crippen LogP contribution in [0.2, 0.25) is 0 Å². The van der Waals surface area contributed by atoms with Gasteiger partial charge in [0, 0.05) is 13.1 Å². The maximum Gasteiger partial charge on any atom is 0.214 e. The van der Waals surface area contributed by atoms with Gasteiger partial charge in [-0.1, -0.05) is 6.92 Å². The minimum absolute atomic E-state index is 0.189. The summed E-state index contributed by atoms with van der Waals surface area (Å²) < 4.78 is 27.6. The molecule has 0 atom stereocenters. The smallest absolute Gasteiger partial charge is 0.214 e. The molecule has 1 aromatic heterocycles. The normalized spacial score (nSPS) is 16.7.